The van der Waals surface area contributed by atoms with E-state index in [9.17, 15) is 21.6 Å². The van der Waals surface area contributed by atoms with Crippen molar-refractivity contribution in [1.82, 2.24) is 9.62 Å². The topological polar surface area (TPSA) is 101 Å². The predicted molar refractivity (Wildman–Crippen MR) is 109 cm³/mol. The molecule has 0 aliphatic carbocycles. The largest absolute Gasteiger partial charge is 0.341 e. The number of sulfone groups is 1. The van der Waals surface area contributed by atoms with Crippen molar-refractivity contribution in [3.8, 4) is 0 Å². The fraction of sp³-hybridized carbons (Fsp3) is 0.632. The van der Waals surface area contributed by atoms with Gasteiger partial charge in [0.25, 0.3) is 0 Å². The van der Waals surface area contributed by atoms with Crippen LogP contribution in [0.3, 0.4) is 0 Å². The summed E-state index contributed by atoms with van der Waals surface area (Å²) in [4.78, 5) is 14.2. The van der Waals surface area contributed by atoms with Gasteiger partial charge in [-0.05, 0) is 42.9 Å². The number of carbonyl (C=O) groups is 1. The third kappa shape index (κ3) is 5.55. The Kier molecular flexibility index (Phi) is 6.62. The molecule has 1 aromatic rings. The van der Waals surface area contributed by atoms with E-state index < -0.39 is 31.2 Å². The van der Waals surface area contributed by atoms with Crippen LogP contribution in [0.25, 0.3) is 0 Å². The number of rotatable bonds is 5. The van der Waals surface area contributed by atoms with Crippen molar-refractivity contribution in [3.05, 3.63) is 29.8 Å². The molecular weight excluding hydrogens is 400 g/mol. The molecule has 1 N–H and O–H groups in total. The molecule has 1 unspecified atom stereocenters. The molecule has 1 heterocycles. The van der Waals surface area contributed by atoms with E-state index >= 15 is 0 Å². The molecule has 0 bridgehead atoms. The summed E-state index contributed by atoms with van der Waals surface area (Å²) in [6, 6.07) is 5.70. The number of carbonyl (C=O) groups excluding carboxylic acids is 1. The quantitative estimate of drug-likeness (QED) is 0.766. The van der Waals surface area contributed by atoms with Gasteiger partial charge in [0, 0.05) is 19.3 Å². The van der Waals surface area contributed by atoms with E-state index in [0.29, 0.717) is 25.9 Å². The van der Waals surface area contributed by atoms with Crippen LogP contribution in [0.1, 0.15) is 46.1 Å². The minimum absolute atomic E-state index is 0.0862. The molecule has 9 heteroatoms. The van der Waals surface area contributed by atoms with Crippen LogP contribution < -0.4 is 4.72 Å². The van der Waals surface area contributed by atoms with Crippen molar-refractivity contribution in [2.24, 2.45) is 0 Å². The molecule has 1 fully saturated rings. The number of sulfonamides is 1. The lowest BCUT2D eigenvalue weighted by atomic mass is 9.87. The maximum absolute atomic E-state index is 12.6. The van der Waals surface area contributed by atoms with Crippen molar-refractivity contribution in [1.29, 1.82) is 0 Å². The molecule has 158 valence electrons. The summed E-state index contributed by atoms with van der Waals surface area (Å²) in [5.74, 6) is -0.346. The lowest BCUT2D eigenvalue weighted by Gasteiger charge is -2.32. The zero-order chi connectivity index (χ0) is 21.3. The van der Waals surface area contributed by atoms with E-state index in [1.165, 1.54) is 30.2 Å². The fourth-order valence-corrected chi connectivity index (χ4v) is 5.53. The van der Waals surface area contributed by atoms with Gasteiger partial charge in [-0.1, -0.05) is 32.9 Å². The van der Waals surface area contributed by atoms with E-state index in [4.69, 9.17) is 0 Å². The number of hydrogen-bond donors (Lipinski definition) is 1. The Balaban J connectivity index is 2.03. The molecule has 0 saturated carbocycles. The zero-order valence-electron chi connectivity index (χ0n) is 17.1. The predicted octanol–water partition coefficient (Wildman–Crippen LogP) is 1.69. The lowest BCUT2D eigenvalue weighted by Crippen LogP contribution is -2.50. The third-order valence-electron chi connectivity index (χ3n) is 5.09. The lowest BCUT2D eigenvalue weighted by molar-refractivity contribution is -0.133. The Hall–Kier alpha value is -1.45. The Morgan fingerprint density at radius 1 is 1.07 bits per heavy atom. The molecular formula is C19H30N2O5S2. The van der Waals surface area contributed by atoms with Gasteiger partial charge in [-0.15, -0.1) is 0 Å². The average molecular weight is 431 g/mol. The molecule has 1 saturated heterocycles. The molecule has 0 spiro atoms. The molecule has 0 radical (unpaired) electrons. The highest BCUT2D eigenvalue weighted by atomic mass is 32.2. The average Bonchev–Trinajstić information content (AvgIpc) is 2.59. The van der Waals surface area contributed by atoms with Gasteiger partial charge < -0.3 is 4.90 Å². The number of amides is 1. The molecule has 28 heavy (non-hydrogen) atoms. The van der Waals surface area contributed by atoms with E-state index in [0.717, 1.165) is 5.56 Å². The molecule has 1 aromatic carbocycles. The van der Waals surface area contributed by atoms with E-state index in [-0.39, 0.29) is 16.2 Å². The van der Waals surface area contributed by atoms with Gasteiger partial charge in [-0.2, -0.15) is 4.72 Å². The maximum atomic E-state index is 12.6. The second-order valence-corrected chi connectivity index (χ2v) is 12.5. The van der Waals surface area contributed by atoms with Crippen LogP contribution in [0.4, 0.5) is 0 Å². The second-order valence-electron chi connectivity index (χ2n) is 8.47. The standard InChI is InChI=1S/C19H30N2O5S2/c1-14(18(22)21-12-10-16(11-13-21)27(5,23)24)20-28(25,26)17-8-6-15(7-9-17)19(2,3)4/h6-9,14,16,20H,10-13H2,1-5H3. The van der Waals surface area contributed by atoms with E-state index in [1.54, 1.807) is 12.1 Å². The number of nitrogens with one attached hydrogen (secondary N) is 1. The maximum Gasteiger partial charge on any atom is 0.241 e. The van der Waals surface area contributed by atoms with E-state index in [2.05, 4.69) is 4.72 Å². The van der Waals surface area contributed by atoms with Gasteiger partial charge in [0.15, 0.2) is 0 Å². The Morgan fingerprint density at radius 2 is 1.57 bits per heavy atom. The van der Waals surface area contributed by atoms with Crippen molar-refractivity contribution in [3.63, 3.8) is 0 Å². The monoisotopic (exact) mass is 430 g/mol. The molecule has 1 aliphatic rings. The van der Waals surface area contributed by atoms with Crippen molar-refractivity contribution in [2.45, 2.75) is 62.1 Å². The minimum Gasteiger partial charge on any atom is -0.341 e. The number of likely N-dealkylation sites (tertiary alicyclic amines) is 1. The smallest absolute Gasteiger partial charge is 0.241 e. The minimum atomic E-state index is -3.83. The molecule has 0 aromatic heterocycles. The van der Waals surface area contributed by atoms with Crippen molar-refractivity contribution < 1.29 is 21.6 Å². The first-order valence-electron chi connectivity index (χ1n) is 9.32. The van der Waals surface area contributed by atoms with Crippen LogP contribution in [0.2, 0.25) is 0 Å². The summed E-state index contributed by atoms with van der Waals surface area (Å²) in [5, 5.41) is -0.440. The zero-order valence-corrected chi connectivity index (χ0v) is 18.7. The normalized spacial score (nSPS) is 18.1. The summed E-state index contributed by atoms with van der Waals surface area (Å²) in [6.45, 7) is 8.26. The van der Waals surface area contributed by atoms with Gasteiger partial charge >= 0.3 is 0 Å². The summed E-state index contributed by atoms with van der Waals surface area (Å²) in [5.41, 5.74) is 0.932. The van der Waals surface area contributed by atoms with Crippen LogP contribution in [-0.4, -0.2) is 58.3 Å². The summed E-state index contributed by atoms with van der Waals surface area (Å²) in [6.07, 6.45) is 1.95. The van der Waals surface area contributed by atoms with Gasteiger partial charge in [0.2, 0.25) is 15.9 Å². The second kappa shape index (κ2) is 8.12. The highest BCUT2D eigenvalue weighted by Gasteiger charge is 2.32. The first-order valence-corrected chi connectivity index (χ1v) is 12.8. The van der Waals surface area contributed by atoms with Gasteiger partial charge in [-0.25, -0.2) is 16.8 Å². The molecule has 7 nitrogen and oxygen atoms in total. The molecule has 1 amide bonds. The van der Waals surface area contributed by atoms with Crippen molar-refractivity contribution in [2.75, 3.05) is 19.3 Å². The Labute approximate surface area is 168 Å². The van der Waals surface area contributed by atoms with Crippen LogP contribution in [0.5, 0.6) is 0 Å². The van der Waals surface area contributed by atoms with Gasteiger partial charge in [-0.3, -0.25) is 4.79 Å². The van der Waals surface area contributed by atoms with Crippen LogP contribution >= 0.6 is 0 Å². The highest BCUT2D eigenvalue weighted by molar-refractivity contribution is 7.91. The van der Waals surface area contributed by atoms with Gasteiger partial charge in [0.05, 0.1) is 16.2 Å². The molecule has 1 atom stereocenters. The van der Waals surface area contributed by atoms with Crippen LogP contribution in [0.15, 0.2) is 29.2 Å². The number of benzene rings is 1. The number of piperidine rings is 1. The summed E-state index contributed by atoms with van der Waals surface area (Å²) >= 11 is 0. The number of hydrogen-bond acceptors (Lipinski definition) is 5. The SMILES string of the molecule is CC(NS(=O)(=O)c1ccc(C(C)(C)C)cc1)C(=O)N1CCC(S(C)(=O)=O)CC1. The van der Waals surface area contributed by atoms with E-state index in [1.807, 2.05) is 20.8 Å². The molecule has 2 rings (SSSR count). The fourth-order valence-electron chi connectivity index (χ4n) is 3.26. The summed E-state index contributed by atoms with van der Waals surface area (Å²) in [7, 11) is -6.96. The van der Waals surface area contributed by atoms with Crippen LogP contribution in [-0.2, 0) is 30.1 Å². The Morgan fingerprint density at radius 3 is 2.00 bits per heavy atom. The molecule has 1 aliphatic heterocycles. The highest BCUT2D eigenvalue weighted by Crippen LogP contribution is 2.23. The van der Waals surface area contributed by atoms with Crippen molar-refractivity contribution >= 4 is 25.8 Å². The number of nitrogens with zero attached hydrogens (tertiary/aromatic N) is 1. The van der Waals surface area contributed by atoms with Crippen LogP contribution in [0, 0.1) is 0 Å². The third-order valence-corrected chi connectivity index (χ3v) is 8.33. The Bertz CT molecular complexity index is 908. The summed E-state index contributed by atoms with van der Waals surface area (Å²) < 4.78 is 50.9. The van der Waals surface area contributed by atoms with Gasteiger partial charge in [0.1, 0.15) is 9.84 Å². The first-order chi connectivity index (χ1) is 12.7. The first kappa shape index (κ1) is 22.8.